The van der Waals surface area contributed by atoms with Gasteiger partial charge >= 0.3 is 0 Å². The van der Waals surface area contributed by atoms with Gasteiger partial charge in [-0.2, -0.15) is 0 Å². The van der Waals surface area contributed by atoms with Crippen LogP contribution in [0.25, 0.3) is 0 Å². The molecule has 0 radical (unpaired) electrons. The van der Waals surface area contributed by atoms with Crippen molar-refractivity contribution in [3.8, 4) is 5.75 Å². The van der Waals surface area contributed by atoms with Crippen LogP contribution in [0.15, 0.2) is 17.5 Å². The van der Waals surface area contributed by atoms with Gasteiger partial charge in [0.05, 0.1) is 27.1 Å². The number of benzene rings is 1. The third-order valence-electron chi connectivity index (χ3n) is 2.59. The number of ketones is 1. The van der Waals surface area contributed by atoms with E-state index in [2.05, 4.69) is 0 Å². The van der Waals surface area contributed by atoms with Crippen molar-refractivity contribution in [3.05, 3.63) is 48.6 Å². The molecule has 2 aromatic rings. The average Bonchev–Trinajstić information content (AvgIpc) is 2.71. The van der Waals surface area contributed by atoms with Gasteiger partial charge in [-0.3, -0.25) is 4.79 Å². The van der Waals surface area contributed by atoms with Gasteiger partial charge in [-0.15, -0.1) is 11.3 Å². The largest absolute Gasteiger partial charge is 0.495 e. The molecule has 1 aromatic heterocycles. The number of rotatable bonds is 3. The number of thiophene rings is 1. The van der Waals surface area contributed by atoms with Gasteiger partial charge in [0.15, 0.2) is 0 Å². The average molecular weight is 336 g/mol. The molecule has 0 fully saturated rings. The molecule has 100 valence electrons. The Balaban J connectivity index is 2.51. The first kappa shape index (κ1) is 14.7. The molecule has 19 heavy (non-hydrogen) atoms. The summed E-state index contributed by atoms with van der Waals surface area (Å²) in [6, 6.07) is 3.02. The third kappa shape index (κ3) is 2.75. The minimum atomic E-state index is -0.238. The fourth-order valence-corrected chi connectivity index (χ4v) is 3.28. The van der Waals surface area contributed by atoms with E-state index in [9.17, 15) is 4.79 Å². The minimum absolute atomic E-state index is 0.238. The molecule has 0 aliphatic carbocycles. The molecular formula is C13H9Cl3O2S. The number of carbonyl (C=O) groups is 1. The monoisotopic (exact) mass is 334 g/mol. The summed E-state index contributed by atoms with van der Waals surface area (Å²) >= 11 is 19.5. The normalized spacial score (nSPS) is 10.6. The van der Waals surface area contributed by atoms with Crippen LogP contribution in [0.2, 0.25) is 15.1 Å². The highest BCUT2D eigenvalue weighted by molar-refractivity contribution is 7.13. The van der Waals surface area contributed by atoms with Gasteiger partial charge in [0.2, 0.25) is 5.78 Å². The molecule has 2 rings (SSSR count). The maximum Gasteiger partial charge on any atom is 0.206 e. The first-order valence-electron chi connectivity index (χ1n) is 5.27. The van der Waals surface area contributed by atoms with Crippen LogP contribution in [0.4, 0.5) is 0 Å². The summed E-state index contributed by atoms with van der Waals surface area (Å²) in [5, 5.41) is 2.90. The Bertz CT molecular complexity index is 650. The smallest absolute Gasteiger partial charge is 0.206 e. The number of aryl methyl sites for hydroxylation is 1. The fourth-order valence-electron chi connectivity index (χ4n) is 1.56. The predicted octanol–water partition coefficient (Wildman–Crippen LogP) is 5.26. The number of hydrogen-bond donors (Lipinski definition) is 0. The van der Waals surface area contributed by atoms with Crippen molar-refractivity contribution >= 4 is 51.9 Å². The van der Waals surface area contributed by atoms with E-state index in [1.54, 1.807) is 0 Å². The van der Waals surface area contributed by atoms with Crippen molar-refractivity contribution in [2.45, 2.75) is 6.92 Å². The zero-order chi connectivity index (χ0) is 14.2. The summed E-state index contributed by atoms with van der Waals surface area (Å²) in [5.74, 6) is 0.189. The molecule has 0 aliphatic heterocycles. The summed E-state index contributed by atoms with van der Waals surface area (Å²) in [5.41, 5.74) is 1.18. The van der Waals surface area contributed by atoms with Crippen LogP contribution < -0.4 is 4.74 Å². The van der Waals surface area contributed by atoms with E-state index in [1.165, 1.54) is 30.6 Å². The van der Waals surface area contributed by atoms with E-state index >= 15 is 0 Å². The van der Waals surface area contributed by atoms with E-state index < -0.39 is 0 Å². The number of hydrogen-bond acceptors (Lipinski definition) is 3. The molecule has 0 spiro atoms. The van der Waals surface area contributed by atoms with Crippen molar-refractivity contribution in [2.75, 3.05) is 7.11 Å². The van der Waals surface area contributed by atoms with Crippen LogP contribution in [0.5, 0.6) is 5.75 Å². The molecule has 0 bridgehead atoms. The summed E-state index contributed by atoms with van der Waals surface area (Å²) in [6.07, 6.45) is 0. The first-order valence-corrected chi connectivity index (χ1v) is 7.28. The highest BCUT2D eigenvalue weighted by Gasteiger charge is 2.20. The van der Waals surface area contributed by atoms with Crippen LogP contribution in [0, 0.1) is 6.92 Å². The Labute approximate surface area is 129 Å². The zero-order valence-corrected chi connectivity index (χ0v) is 13.2. The second-order valence-corrected chi connectivity index (χ2v) is 5.93. The number of ether oxygens (including phenoxy) is 1. The molecule has 1 heterocycles. The summed E-state index contributed by atoms with van der Waals surface area (Å²) in [6.45, 7) is 1.85. The lowest BCUT2D eigenvalue weighted by Gasteiger charge is -2.07. The van der Waals surface area contributed by atoms with E-state index in [0.717, 1.165) is 5.56 Å². The lowest BCUT2D eigenvalue weighted by Crippen LogP contribution is -2.01. The summed E-state index contributed by atoms with van der Waals surface area (Å²) < 4.78 is 5.04. The fraction of sp³-hybridized carbons (Fsp3) is 0.154. The molecule has 1 aromatic carbocycles. The van der Waals surface area contributed by atoms with Crippen molar-refractivity contribution in [3.63, 3.8) is 0 Å². The molecule has 0 N–H and O–H groups in total. The highest BCUT2D eigenvalue weighted by atomic mass is 35.5. The van der Waals surface area contributed by atoms with Crippen LogP contribution in [0.3, 0.4) is 0 Å². The highest BCUT2D eigenvalue weighted by Crippen LogP contribution is 2.35. The van der Waals surface area contributed by atoms with Gasteiger partial charge in [-0.05, 0) is 23.9 Å². The molecule has 0 saturated heterocycles. The van der Waals surface area contributed by atoms with Crippen molar-refractivity contribution in [2.24, 2.45) is 0 Å². The van der Waals surface area contributed by atoms with E-state index in [-0.39, 0.29) is 10.8 Å². The Morgan fingerprint density at radius 2 is 1.89 bits per heavy atom. The van der Waals surface area contributed by atoms with Crippen molar-refractivity contribution in [1.29, 1.82) is 0 Å². The Hall–Kier alpha value is -0.740. The Morgan fingerprint density at radius 1 is 1.21 bits per heavy atom. The quantitative estimate of drug-likeness (QED) is 0.715. The van der Waals surface area contributed by atoms with Gasteiger partial charge in [-0.25, -0.2) is 0 Å². The molecular weight excluding hydrogens is 327 g/mol. The second kappa shape index (κ2) is 5.71. The molecule has 0 amide bonds. The number of carbonyl (C=O) groups excluding carboxylic acids is 1. The molecule has 0 atom stereocenters. The number of methoxy groups -OCH3 is 1. The van der Waals surface area contributed by atoms with Gasteiger partial charge in [0.1, 0.15) is 5.75 Å². The van der Waals surface area contributed by atoms with E-state index in [4.69, 9.17) is 39.5 Å². The van der Waals surface area contributed by atoms with Crippen LogP contribution in [-0.4, -0.2) is 12.9 Å². The Morgan fingerprint density at radius 3 is 2.42 bits per heavy atom. The third-order valence-corrected chi connectivity index (χ3v) is 4.90. The molecule has 6 heteroatoms. The predicted molar refractivity (Wildman–Crippen MR) is 80.5 cm³/mol. The van der Waals surface area contributed by atoms with Gasteiger partial charge in [0, 0.05) is 11.6 Å². The number of halogens is 3. The maximum absolute atomic E-state index is 12.4. The van der Waals surface area contributed by atoms with Gasteiger partial charge in [0.25, 0.3) is 0 Å². The SMILES string of the molecule is COc1cc(Cl)c(C(=O)c2scc(C)c2Cl)cc1Cl. The topological polar surface area (TPSA) is 26.3 Å². The lowest BCUT2D eigenvalue weighted by molar-refractivity contribution is 0.104. The molecule has 2 nitrogen and oxygen atoms in total. The zero-order valence-electron chi connectivity index (χ0n) is 10.1. The van der Waals surface area contributed by atoms with Crippen molar-refractivity contribution < 1.29 is 9.53 Å². The van der Waals surface area contributed by atoms with Crippen LogP contribution in [0.1, 0.15) is 20.8 Å². The molecule has 0 aliphatic rings. The summed E-state index contributed by atoms with van der Waals surface area (Å²) in [4.78, 5) is 12.9. The van der Waals surface area contributed by atoms with Gasteiger partial charge in [-0.1, -0.05) is 34.8 Å². The van der Waals surface area contributed by atoms with Crippen molar-refractivity contribution in [1.82, 2.24) is 0 Å². The Kier molecular flexibility index (Phi) is 4.41. The van der Waals surface area contributed by atoms with Gasteiger partial charge < -0.3 is 4.74 Å². The van der Waals surface area contributed by atoms with E-state index in [1.807, 2.05) is 12.3 Å². The second-order valence-electron chi connectivity index (χ2n) is 3.86. The maximum atomic E-state index is 12.4. The van der Waals surface area contributed by atoms with Crippen LogP contribution >= 0.6 is 46.1 Å². The first-order chi connectivity index (χ1) is 8.95. The van der Waals surface area contributed by atoms with E-state index in [0.29, 0.717) is 26.2 Å². The molecule has 0 unspecified atom stereocenters. The lowest BCUT2D eigenvalue weighted by atomic mass is 10.1. The standard InChI is InChI=1S/C13H9Cl3O2S/c1-6-5-19-13(11(6)16)12(17)7-3-9(15)10(18-2)4-8(7)14/h3-5H,1-2H3. The molecule has 0 saturated carbocycles. The minimum Gasteiger partial charge on any atom is -0.495 e. The summed E-state index contributed by atoms with van der Waals surface area (Å²) in [7, 11) is 1.48. The van der Waals surface area contributed by atoms with Crippen LogP contribution in [-0.2, 0) is 0 Å².